The van der Waals surface area contributed by atoms with Crippen LogP contribution in [0.4, 0.5) is 0 Å². The monoisotopic (exact) mass is 274 g/mol. The normalized spacial score (nSPS) is 9.90. The zero-order valence-electron chi connectivity index (χ0n) is 11.1. The van der Waals surface area contributed by atoms with E-state index in [9.17, 15) is 9.90 Å². The summed E-state index contributed by atoms with van der Waals surface area (Å²) in [6.07, 6.45) is 0. The van der Waals surface area contributed by atoms with Gasteiger partial charge in [0.1, 0.15) is 11.3 Å². The molecule has 0 saturated heterocycles. The maximum absolute atomic E-state index is 12.1. The second-order valence-electron chi connectivity index (χ2n) is 3.90. The van der Waals surface area contributed by atoms with Gasteiger partial charge in [0.05, 0.1) is 14.2 Å². The molecule has 0 spiro atoms. The summed E-state index contributed by atoms with van der Waals surface area (Å²) >= 11 is 0. The minimum Gasteiger partial charge on any atom is -0.507 e. The molecular weight excluding hydrogens is 260 g/mol. The molecular formula is C15H14O5. The van der Waals surface area contributed by atoms with Crippen molar-refractivity contribution in [1.82, 2.24) is 0 Å². The van der Waals surface area contributed by atoms with Gasteiger partial charge < -0.3 is 19.3 Å². The maximum atomic E-state index is 12.1. The molecule has 5 heteroatoms. The zero-order valence-corrected chi connectivity index (χ0v) is 11.1. The molecule has 0 radical (unpaired) electrons. The number of para-hydroxylation sites is 2. The number of phenolic OH excluding ortho intramolecular Hbond substituents is 1. The largest absolute Gasteiger partial charge is 0.507 e. The molecule has 0 bridgehead atoms. The molecule has 2 aromatic rings. The highest BCUT2D eigenvalue weighted by molar-refractivity contribution is 5.94. The van der Waals surface area contributed by atoms with Gasteiger partial charge in [-0.25, -0.2) is 4.79 Å². The van der Waals surface area contributed by atoms with Crippen LogP contribution in [-0.4, -0.2) is 25.3 Å². The van der Waals surface area contributed by atoms with Crippen molar-refractivity contribution < 1.29 is 24.1 Å². The molecule has 5 nitrogen and oxygen atoms in total. The van der Waals surface area contributed by atoms with E-state index < -0.39 is 5.97 Å². The number of aromatic hydroxyl groups is 1. The first-order valence-corrected chi connectivity index (χ1v) is 5.88. The van der Waals surface area contributed by atoms with Gasteiger partial charge in [-0.2, -0.15) is 0 Å². The van der Waals surface area contributed by atoms with Crippen LogP contribution < -0.4 is 14.2 Å². The van der Waals surface area contributed by atoms with Crippen LogP contribution in [0.25, 0.3) is 0 Å². The van der Waals surface area contributed by atoms with Crippen LogP contribution in [0.15, 0.2) is 42.5 Å². The minimum atomic E-state index is -0.689. The summed E-state index contributed by atoms with van der Waals surface area (Å²) < 4.78 is 15.5. The van der Waals surface area contributed by atoms with Crippen molar-refractivity contribution >= 4 is 5.97 Å². The Morgan fingerprint density at radius 2 is 1.55 bits per heavy atom. The molecule has 104 valence electrons. The van der Waals surface area contributed by atoms with Crippen molar-refractivity contribution in [3.63, 3.8) is 0 Å². The fraction of sp³-hybridized carbons (Fsp3) is 0.133. The topological polar surface area (TPSA) is 65.0 Å². The van der Waals surface area contributed by atoms with Gasteiger partial charge in [-0.15, -0.1) is 0 Å². The molecule has 0 aliphatic heterocycles. The SMILES string of the molecule is COc1cccc(OC)c1OC(=O)c1ccccc1O. The lowest BCUT2D eigenvalue weighted by Gasteiger charge is -2.13. The van der Waals surface area contributed by atoms with E-state index in [1.54, 1.807) is 30.3 Å². The summed E-state index contributed by atoms with van der Waals surface area (Å²) in [6, 6.07) is 11.2. The van der Waals surface area contributed by atoms with Crippen LogP contribution in [0.5, 0.6) is 23.0 Å². The predicted octanol–water partition coefficient (Wildman–Crippen LogP) is 2.63. The molecule has 0 saturated carbocycles. The number of benzene rings is 2. The summed E-state index contributed by atoms with van der Waals surface area (Å²) in [4.78, 5) is 12.1. The van der Waals surface area contributed by atoms with Crippen molar-refractivity contribution in [3.05, 3.63) is 48.0 Å². The molecule has 0 aromatic heterocycles. The van der Waals surface area contributed by atoms with Gasteiger partial charge >= 0.3 is 5.97 Å². The third-order valence-electron chi connectivity index (χ3n) is 2.70. The molecule has 0 unspecified atom stereocenters. The number of ether oxygens (including phenoxy) is 3. The van der Waals surface area contributed by atoms with Crippen LogP contribution in [0.1, 0.15) is 10.4 Å². The number of carbonyl (C=O) groups excluding carboxylic acids is 1. The summed E-state index contributed by atoms with van der Waals surface area (Å²) in [5.41, 5.74) is 0.0699. The van der Waals surface area contributed by atoms with Crippen molar-refractivity contribution in [2.45, 2.75) is 0 Å². The summed E-state index contributed by atoms with van der Waals surface area (Å²) in [6.45, 7) is 0. The van der Waals surface area contributed by atoms with Gasteiger partial charge in [-0.1, -0.05) is 18.2 Å². The standard InChI is InChI=1S/C15H14O5/c1-18-12-8-5-9-13(19-2)14(12)20-15(17)10-6-3-4-7-11(10)16/h3-9,16H,1-2H3. The Labute approximate surface area is 116 Å². The number of hydrogen-bond acceptors (Lipinski definition) is 5. The lowest BCUT2D eigenvalue weighted by atomic mass is 10.2. The number of methoxy groups -OCH3 is 2. The smallest absolute Gasteiger partial charge is 0.347 e. The molecule has 2 aromatic carbocycles. The Bertz CT molecular complexity index is 599. The van der Waals surface area contributed by atoms with Crippen LogP contribution in [0.2, 0.25) is 0 Å². The van der Waals surface area contributed by atoms with Gasteiger partial charge in [0.2, 0.25) is 5.75 Å². The van der Waals surface area contributed by atoms with E-state index in [4.69, 9.17) is 14.2 Å². The van der Waals surface area contributed by atoms with Gasteiger partial charge in [-0.05, 0) is 24.3 Å². The van der Waals surface area contributed by atoms with Crippen molar-refractivity contribution in [3.8, 4) is 23.0 Å². The van der Waals surface area contributed by atoms with Crippen molar-refractivity contribution in [2.24, 2.45) is 0 Å². The lowest BCUT2D eigenvalue weighted by Crippen LogP contribution is -2.10. The molecule has 0 amide bonds. The molecule has 1 N–H and O–H groups in total. The third kappa shape index (κ3) is 2.66. The highest BCUT2D eigenvalue weighted by Gasteiger charge is 2.18. The first kappa shape index (κ1) is 13.7. The number of esters is 1. The van der Waals surface area contributed by atoms with Gasteiger partial charge in [-0.3, -0.25) is 0 Å². The lowest BCUT2D eigenvalue weighted by molar-refractivity contribution is 0.0721. The molecule has 0 aliphatic rings. The Morgan fingerprint density at radius 3 is 2.10 bits per heavy atom. The van der Waals surface area contributed by atoms with Gasteiger partial charge in [0, 0.05) is 0 Å². The first-order chi connectivity index (χ1) is 9.67. The third-order valence-corrected chi connectivity index (χ3v) is 2.70. The molecule has 0 heterocycles. The van der Waals surface area contributed by atoms with Gasteiger partial charge in [0.15, 0.2) is 11.5 Å². The number of phenols is 1. The Kier molecular flexibility index (Phi) is 4.10. The highest BCUT2D eigenvalue weighted by Crippen LogP contribution is 2.37. The van der Waals surface area contributed by atoms with Crippen LogP contribution in [-0.2, 0) is 0 Å². The Hall–Kier alpha value is -2.69. The summed E-state index contributed by atoms with van der Waals surface area (Å²) in [5.74, 6) is 0.0734. The van der Waals surface area contributed by atoms with Crippen LogP contribution in [0.3, 0.4) is 0 Å². The molecule has 0 fully saturated rings. The number of hydrogen-bond donors (Lipinski definition) is 1. The van der Waals surface area contributed by atoms with Crippen molar-refractivity contribution in [2.75, 3.05) is 14.2 Å². The van der Waals surface area contributed by atoms with E-state index in [1.807, 2.05) is 0 Å². The van der Waals surface area contributed by atoms with Gasteiger partial charge in [0.25, 0.3) is 0 Å². The van der Waals surface area contributed by atoms with E-state index in [-0.39, 0.29) is 17.1 Å². The summed E-state index contributed by atoms with van der Waals surface area (Å²) in [5, 5.41) is 9.65. The maximum Gasteiger partial charge on any atom is 0.347 e. The second-order valence-corrected chi connectivity index (χ2v) is 3.90. The molecule has 0 atom stereocenters. The van der Waals surface area contributed by atoms with E-state index >= 15 is 0 Å². The summed E-state index contributed by atoms with van der Waals surface area (Å²) in [7, 11) is 2.93. The Morgan fingerprint density at radius 1 is 0.950 bits per heavy atom. The fourth-order valence-corrected chi connectivity index (χ4v) is 1.71. The highest BCUT2D eigenvalue weighted by atomic mass is 16.6. The average Bonchev–Trinajstić information content (AvgIpc) is 2.47. The van der Waals surface area contributed by atoms with E-state index in [2.05, 4.69) is 0 Å². The second kappa shape index (κ2) is 5.97. The van der Waals surface area contributed by atoms with Crippen molar-refractivity contribution in [1.29, 1.82) is 0 Å². The minimum absolute atomic E-state index is 0.0699. The van der Waals surface area contributed by atoms with E-state index in [1.165, 1.54) is 26.4 Å². The molecule has 2 rings (SSSR count). The van der Waals surface area contributed by atoms with Crippen LogP contribution >= 0.6 is 0 Å². The van der Waals surface area contributed by atoms with Crippen LogP contribution in [0, 0.1) is 0 Å². The number of rotatable bonds is 4. The average molecular weight is 274 g/mol. The predicted molar refractivity (Wildman–Crippen MR) is 72.6 cm³/mol. The zero-order chi connectivity index (χ0) is 14.5. The quantitative estimate of drug-likeness (QED) is 0.685. The Balaban J connectivity index is 2.35. The molecule has 20 heavy (non-hydrogen) atoms. The van der Waals surface area contributed by atoms with E-state index in [0.29, 0.717) is 11.5 Å². The number of carbonyl (C=O) groups is 1. The first-order valence-electron chi connectivity index (χ1n) is 5.88. The fourth-order valence-electron chi connectivity index (χ4n) is 1.71. The van der Waals surface area contributed by atoms with E-state index in [0.717, 1.165) is 0 Å². The molecule has 0 aliphatic carbocycles.